The van der Waals surface area contributed by atoms with Crippen molar-refractivity contribution in [2.75, 3.05) is 13.7 Å². The zero-order valence-electron chi connectivity index (χ0n) is 16.5. The van der Waals surface area contributed by atoms with E-state index in [0.717, 1.165) is 16.9 Å². The summed E-state index contributed by atoms with van der Waals surface area (Å²) < 4.78 is 6.86. The van der Waals surface area contributed by atoms with E-state index in [9.17, 15) is 9.59 Å². The highest BCUT2D eigenvalue weighted by Gasteiger charge is 2.16. The fraction of sp³-hybridized carbons (Fsp3) is 0.227. The second kappa shape index (κ2) is 8.92. The molecular formula is C22H22ClN3O3. The molecule has 3 rings (SSSR count). The van der Waals surface area contributed by atoms with Crippen LogP contribution in [0, 0.1) is 13.8 Å². The summed E-state index contributed by atoms with van der Waals surface area (Å²) >= 11 is 6.24. The maximum absolute atomic E-state index is 12.6. The monoisotopic (exact) mass is 411 g/mol. The predicted molar refractivity (Wildman–Crippen MR) is 113 cm³/mol. The average Bonchev–Trinajstić information content (AvgIpc) is 2.69. The van der Waals surface area contributed by atoms with Gasteiger partial charge in [0.25, 0.3) is 5.91 Å². The fourth-order valence-corrected chi connectivity index (χ4v) is 3.28. The van der Waals surface area contributed by atoms with E-state index in [-0.39, 0.29) is 5.69 Å². The first-order chi connectivity index (χ1) is 13.9. The van der Waals surface area contributed by atoms with Crippen molar-refractivity contribution >= 4 is 17.5 Å². The summed E-state index contributed by atoms with van der Waals surface area (Å²) in [7, 11) is 1.61. The maximum atomic E-state index is 12.6. The van der Waals surface area contributed by atoms with E-state index in [1.165, 1.54) is 10.7 Å². The first-order valence-corrected chi connectivity index (χ1v) is 9.56. The number of benzene rings is 2. The number of ether oxygens (including phenoxy) is 1. The Morgan fingerprint density at radius 1 is 1.17 bits per heavy atom. The van der Waals surface area contributed by atoms with Gasteiger partial charge in [-0.05, 0) is 44.0 Å². The van der Waals surface area contributed by atoms with Crippen LogP contribution in [0.15, 0.2) is 53.3 Å². The minimum Gasteiger partial charge on any atom is -0.496 e. The molecule has 0 aliphatic rings. The molecule has 7 heteroatoms. The third-order valence-corrected chi connectivity index (χ3v) is 4.84. The van der Waals surface area contributed by atoms with E-state index in [0.29, 0.717) is 29.4 Å². The molecule has 29 heavy (non-hydrogen) atoms. The van der Waals surface area contributed by atoms with Crippen LogP contribution < -0.4 is 15.5 Å². The second-order valence-corrected chi connectivity index (χ2v) is 7.09. The standard InChI is InChI=1S/C22H22ClN3O3/c1-14-8-9-20(29-3)16(12-14)10-11-24-22(28)21-19(27)13-15(2)26(25-21)18-7-5-4-6-17(18)23/h4-9,12-13H,10-11H2,1-3H3,(H,24,28). The molecule has 1 heterocycles. The van der Waals surface area contributed by atoms with Crippen LogP contribution in [0.1, 0.15) is 27.3 Å². The predicted octanol–water partition coefficient (Wildman–Crippen LogP) is 3.48. The van der Waals surface area contributed by atoms with Crippen LogP contribution in [0.4, 0.5) is 0 Å². The highest BCUT2D eigenvalue weighted by atomic mass is 35.5. The minimum atomic E-state index is -0.526. The van der Waals surface area contributed by atoms with Gasteiger partial charge in [0.2, 0.25) is 5.43 Å². The molecule has 0 aliphatic carbocycles. The van der Waals surface area contributed by atoms with Crippen molar-refractivity contribution in [3.8, 4) is 11.4 Å². The first kappa shape index (κ1) is 20.6. The van der Waals surface area contributed by atoms with Crippen LogP contribution in [0.3, 0.4) is 0 Å². The molecule has 0 bridgehead atoms. The molecule has 3 aromatic rings. The third kappa shape index (κ3) is 4.66. The number of amides is 1. The summed E-state index contributed by atoms with van der Waals surface area (Å²) in [5, 5.41) is 7.50. The van der Waals surface area contributed by atoms with Gasteiger partial charge in [-0.25, -0.2) is 4.68 Å². The molecule has 1 aromatic heterocycles. The molecule has 150 valence electrons. The minimum absolute atomic E-state index is 0.174. The van der Waals surface area contributed by atoms with E-state index in [1.807, 2.05) is 31.2 Å². The number of halogens is 1. The Labute approximate surface area is 174 Å². The Morgan fingerprint density at radius 3 is 2.66 bits per heavy atom. The van der Waals surface area contributed by atoms with Crippen molar-refractivity contribution in [1.82, 2.24) is 15.1 Å². The Bertz CT molecular complexity index is 1110. The van der Waals surface area contributed by atoms with Crippen LogP contribution in [-0.4, -0.2) is 29.3 Å². The van der Waals surface area contributed by atoms with Crippen molar-refractivity contribution in [2.45, 2.75) is 20.3 Å². The molecule has 1 N–H and O–H groups in total. The molecule has 0 saturated carbocycles. The lowest BCUT2D eigenvalue weighted by atomic mass is 10.1. The first-order valence-electron chi connectivity index (χ1n) is 9.18. The van der Waals surface area contributed by atoms with Gasteiger partial charge in [-0.1, -0.05) is 41.4 Å². The normalized spacial score (nSPS) is 10.6. The van der Waals surface area contributed by atoms with E-state index in [4.69, 9.17) is 16.3 Å². The number of methoxy groups -OCH3 is 1. The zero-order chi connectivity index (χ0) is 21.0. The topological polar surface area (TPSA) is 73.2 Å². The van der Waals surface area contributed by atoms with Crippen molar-refractivity contribution in [1.29, 1.82) is 0 Å². The van der Waals surface area contributed by atoms with E-state index < -0.39 is 11.3 Å². The number of rotatable bonds is 6. The lowest BCUT2D eigenvalue weighted by molar-refractivity contribution is 0.0946. The molecule has 0 saturated heterocycles. The zero-order valence-corrected chi connectivity index (χ0v) is 17.3. The van der Waals surface area contributed by atoms with Crippen LogP contribution in [0.2, 0.25) is 5.02 Å². The van der Waals surface area contributed by atoms with Gasteiger partial charge in [-0.3, -0.25) is 9.59 Å². The molecular weight excluding hydrogens is 390 g/mol. The van der Waals surface area contributed by atoms with E-state index in [1.54, 1.807) is 32.2 Å². The summed E-state index contributed by atoms with van der Waals surface area (Å²) in [5.41, 5.74) is 2.67. The highest BCUT2D eigenvalue weighted by molar-refractivity contribution is 6.32. The number of hydrogen-bond acceptors (Lipinski definition) is 4. The fourth-order valence-electron chi connectivity index (χ4n) is 3.07. The summed E-state index contributed by atoms with van der Waals surface area (Å²) in [6.07, 6.45) is 0.571. The lowest BCUT2D eigenvalue weighted by Crippen LogP contribution is -2.33. The smallest absolute Gasteiger partial charge is 0.275 e. The molecule has 0 radical (unpaired) electrons. The van der Waals surface area contributed by atoms with Crippen molar-refractivity contribution in [3.05, 3.63) is 86.3 Å². The molecule has 0 atom stereocenters. The molecule has 0 fully saturated rings. The number of hydrogen-bond donors (Lipinski definition) is 1. The number of aromatic nitrogens is 2. The summed E-state index contributed by atoms with van der Waals surface area (Å²) in [6.45, 7) is 4.08. The van der Waals surface area contributed by atoms with Gasteiger partial charge >= 0.3 is 0 Å². The van der Waals surface area contributed by atoms with Crippen LogP contribution >= 0.6 is 11.6 Å². The summed E-state index contributed by atoms with van der Waals surface area (Å²) in [4.78, 5) is 24.9. The number of para-hydroxylation sites is 1. The molecule has 0 spiro atoms. The quantitative estimate of drug-likeness (QED) is 0.674. The van der Waals surface area contributed by atoms with Crippen molar-refractivity contribution in [2.24, 2.45) is 0 Å². The van der Waals surface area contributed by atoms with Crippen molar-refractivity contribution < 1.29 is 9.53 Å². The van der Waals surface area contributed by atoms with Crippen LogP contribution in [-0.2, 0) is 6.42 Å². The van der Waals surface area contributed by atoms with Gasteiger partial charge in [0, 0.05) is 18.3 Å². The number of carbonyl (C=O) groups excluding carboxylic acids is 1. The Kier molecular flexibility index (Phi) is 6.34. The maximum Gasteiger partial charge on any atom is 0.275 e. The summed E-state index contributed by atoms with van der Waals surface area (Å²) in [6, 6.07) is 14.4. The van der Waals surface area contributed by atoms with Gasteiger partial charge in [0.1, 0.15) is 5.75 Å². The second-order valence-electron chi connectivity index (χ2n) is 6.68. The molecule has 0 unspecified atom stereocenters. The molecule has 0 aliphatic heterocycles. The largest absolute Gasteiger partial charge is 0.496 e. The Morgan fingerprint density at radius 2 is 1.93 bits per heavy atom. The van der Waals surface area contributed by atoms with Crippen LogP contribution in [0.25, 0.3) is 5.69 Å². The average molecular weight is 412 g/mol. The van der Waals surface area contributed by atoms with Crippen molar-refractivity contribution in [3.63, 3.8) is 0 Å². The Hall–Kier alpha value is -3.12. The van der Waals surface area contributed by atoms with Gasteiger partial charge in [-0.2, -0.15) is 5.10 Å². The number of nitrogens with zero attached hydrogens (tertiary/aromatic N) is 2. The third-order valence-electron chi connectivity index (χ3n) is 4.52. The highest BCUT2D eigenvalue weighted by Crippen LogP contribution is 2.20. The summed E-state index contributed by atoms with van der Waals surface area (Å²) in [5.74, 6) is 0.238. The SMILES string of the molecule is COc1ccc(C)cc1CCNC(=O)c1nn(-c2ccccc2Cl)c(C)cc1=O. The number of nitrogens with one attached hydrogen (secondary N) is 1. The van der Waals surface area contributed by atoms with Gasteiger partial charge in [0.05, 0.1) is 17.8 Å². The molecule has 2 aromatic carbocycles. The van der Waals surface area contributed by atoms with E-state index >= 15 is 0 Å². The lowest BCUT2D eigenvalue weighted by Gasteiger charge is -2.13. The van der Waals surface area contributed by atoms with Gasteiger partial charge in [-0.15, -0.1) is 0 Å². The number of aryl methyl sites for hydroxylation is 2. The van der Waals surface area contributed by atoms with Gasteiger partial charge in [0.15, 0.2) is 5.69 Å². The van der Waals surface area contributed by atoms with Gasteiger partial charge < -0.3 is 10.1 Å². The Balaban J connectivity index is 1.80. The number of carbonyl (C=O) groups is 1. The van der Waals surface area contributed by atoms with E-state index in [2.05, 4.69) is 10.4 Å². The van der Waals surface area contributed by atoms with Crippen LogP contribution in [0.5, 0.6) is 5.75 Å². The molecule has 6 nitrogen and oxygen atoms in total. The molecule has 1 amide bonds.